The topological polar surface area (TPSA) is 115 Å². The lowest BCUT2D eigenvalue weighted by atomic mass is 10.3. The SMILES string of the molecule is CNC(=O)CN1CCNCCN(CC(=O)NCP(C)(=O)OC)CCNCC1. The fraction of sp³-hybridized carbons (Fsp3) is 0.875. The van der Waals surface area contributed by atoms with E-state index >= 15 is 0 Å². The Bertz CT molecular complexity index is 493. The van der Waals surface area contributed by atoms with E-state index in [0.29, 0.717) is 6.54 Å². The van der Waals surface area contributed by atoms with Gasteiger partial charge in [-0.25, -0.2) is 0 Å². The van der Waals surface area contributed by atoms with Gasteiger partial charge in [0.1, 0.15) is 0 Å². The van der Waals surface area contributed by atoms with Crippen LogP contribution in [0.25, 0.3) is 0 Å². The quantitative estimate of drug-likeness (QED) is 0.365. The van der Waals surface area contributed by atoms with E-state index in [1.54, 1.807) is 7.05 Å². The molecule has 1 saturated heterocycles. The van der Waals surface area contributed by atoms with Crippen molar-refractivity contribution < 1.29 is 18.7 Å². The Morgan fingerprint density at radius 2 is 1.41 bits per heavy atom. The number of hydrogen-bond acceptors (Lipinski definition) is 8. The predicted molar refractivity (Wildman–Crippen MR) is 106 cm³/mol. The summed E-state index contributed by atoms with van der Waals surface area (Å²) < 4.78 is 16.7. The van der Waals surface area contributed by atoms with Crippen LogP contribution in [0, 0.1) is 0 Å². The lowest BCUT2D eigenvalue weighted by Gasteiger charge is -2.26. The average Bonchev–Trinajstić information content (AvgIpc) is 2.63. The lowest BCUT2D eigenvalue weighted by Crippen LogP contribution is -2.47. The molecule has 0 aromatic carbocycles. The van der Waals surface area contributed by atoms with E-state index in [1.807, 2.05) is 0 Å². The number of hydrogen-bond donors (Lipinski definition) is 4. The predicted octanol–water partition coefficient (Wildman–Crippen LogP) is -1.84. The van der Waals surface area contributed by atoms with Gasteiger partial charge in [0.2, 0.25) is 19.2 Å². The molecule has 11 heteroatoms. The number of carbonyl (C=O) groups excluding carboxylic acids is 2. The molecule has 0 spiro atoms. The summed E-state index contributed by atoms with van der Waals surface area (Å²) in [5.41, 5.74) is 0. The Hall–Kier alpha value is -1.03. The Labute approximate surface area is 162 Å². The van der Waals surface area contributed by atoms with Crippen molar-refractivity contribution in [1.82, 2.24) is 31.1 Å². The summed E-state index contributed by atoms with van der Waals surface area (Å²) in [5.74, 6) is -0.137. The van der Waals surface area contributed by atoms with Crippen molar-refractivity contribution in [3.8, 4) is 0 Å². The van der Waals surface area contributed by atoms with Crippen molar-refractivity contribution in [2.75, 3.05) is 92.6 Å². The normalized spacial score (nSPS) is 20.7. The van der Waals surface area contributed by atoms with E-state index in [9.17, 15) is 14.2 Å². The molecule has 10 nitrogen and oxygen atoms in total. The first-order valence-corrected chi connectivity index (χ1v) is 11.6. The monoisotopic (exact) mass is 406 g/mol. The molecule has 1 aliphatic heterocycles. The van der Waals surface area contributed by atoms with Crippen LogP contribution in [-0.2, 0) is 18.7 Å². The van der Waals surface area contributed by atoms with Crippen LogP contribution in [0.5, 0.6) is 0 Å². The van der Waals surface area contributed by atoms with Crippen LogP contribution in [0.15, 0.2) is 0 Å². The number of carbonyl (C=O) groups is 2. The van der Waals surface area contributed by atoms with Gasteiger partial charge in [-0.3, -0.25) is 24.0 Å². The zero-order valence-electron chi connectivity index (χ0n) is 16.8. The molecule has 27 heavy (non-hydrogen) atoms. The first kappa shape index (κ1) is 24.0. The van der Waals surface area contributed by atoms with Crippen molar-refractivity contribution >= 4 is 19.2 Å². The van der Waals surface area contributed by atoms with Crippen LogP contribution >= 0.6 is 7.37 Å². The fourth-order valence-corrected chi connectivity index (χ4v) is 3.17. The van der Waals surface area contributed by atoms with E-state index in [2.05, 4.69) is 31.1 Å². The minimum absolute atomic E-state index is 0.0179. The summed E-state index contributed by atoms with van der Waals surface area (Å²) in [6, 6.07) is 0. The van der Waals surface area contributed by atoms with Gasteiger partial charge in [0.25, 0.3) is 0 Å². The maximum absolute atomic E-state index is 12.1. The molecule has 1 unspecified atom stereocenters. The van der Waals surface area contributed by atoms with Gasteiger partial charge in [-0.2, -0.15) is 0 Å². The second-order valence-corrected chi connectivity index (χ2v) is 9.39. The summed E-state index contributed by atoms with van der Waals surface area (Å²) in [5, 5.41) is 12.1. The van der Waals surface area contributed by atoms with Gasteiger partial charge in [-0.05, 0) is 0 Å². The zero-order chi connectivity index (χ0) is 20.1. The van der Waals surface area contributed by atoms with Crippen LogP contribution in [0.2, 0.25) is 0 Å². The Morgan fingerprint density at radius 1 is 0.963 bits per heavy atom. The van der Waals surface area contributed by atoms with E-state index < -0.39 is 7.37 Å². The average molecular weight is 406 g/mol. The molecule has 0 aromatic heterocycles. The Morgan fingerprint density at radius 3 is 1.81 bits per heavy atom. The molecule has 1 heterocycles. The Balaban J connectivity index is 2.40. The molecular formula is C16H35N6O4P. The van der Waals surface area contributed by atoms with Crippen molar-refractivity contribution in [3.05, 3.63) is 0 Å². The number of amides is 2. The first-order valence-electron chi connectivity index (χ1n) is 9.32. The summed E-state index contributed by atoms with van der Waals surface area (Å²) in [4.78, 5) is 27.9. The largest absolute Gasteiger partial charge is 0.358 e. The van der Waals surface area contributed by atoms with Crippen molar-refractivity contribution in [1.29, 1.82) is 0 Å². The minimum atomic E-state index is -2.75. The molecule has 1 atom stereocenters. The van der Waals surface area contributed by atoms with Gasteiger partial charge in [0.05, 0.1) is 19.4 Å². The van der Waals surface area contributed by atoms with Gasteiger partial charge < -0.3 is 25.8 Å². The highest BCUT2D eigenvalue weighted by Crippen LogP contribution is 2.39. The van der Waals surface area contributed by atoms with Crippen LogP contribution in [0.1, 0.15) is 0 Å². The van der Waals surface area contributed by atoms with Crippen LogP contribution < -0.4 is 21.3 Å². The third kappa shape index (κ3) is 11.4. The molecular weight excluding hydrogens is 371 g/mol. The second kappa shape index (κ2) is 13.2. The van der Waals surface area contributed by atoms with Gasteiger partial charge in [0, 0.05) is 73.2 Å². The third-order valence-electron chi connectivity index (χ3n) is 4.38. The Kier molecular flexibility index (Phi) is 11.7. The van der Waals surface area contributed by atoms with E-state index in [4.69, 9.17) is 4.52 Å². The lowest BCUT2D eigenvalue weighted by molar-refractivity contribution is -0.122. The molecule has 4 N–H and O–H groups in total. The number of nitrogens with one attached hydrogen (secondary N) is 4. The molecule has 0 bridgehead atoms. The summed E-state index contributed by atoms with van der Waals surface area (Å²) >= 11 is 0. The molecule has 2 amide bonds. The molecule has 0 saturated carbocycles. The van der Waals surface area contributed by atoms with Crippen molar-refractivity contribution in [2.45, 2.75) is 0 Å². The highest BCUT2D eigenvalue weighted by Gasteiger charge is 2.17. The van der Waals surface area contributed by atoms with Crippen molar-refractivity contribution in [3.63, 3.8) is 0 Å². The molecule has 1 fully saturated rings. The molecule has 1 aliphatic rings. The van der Waals surface area contributed by atoms with Crippen LogP contribution in [0.3, 0.4) is 0 Å². The number of rotatable bonds is 7. The third-order valence-corrected chi connectivity index (χ3v) is 5.89. The van der Waals surface area contributed by atoms with Gasteiger partial charge in [-0.1, -0.05) is 0 Å². The smallest absolute Gasteiger partial charge is 0.234 e. The van der Waals surface area contributed by atoms with E-state index in [1.165, 1.54) is 13.8 Å². The second-order valence-electron chi connectivity index (χ2n) is 6.68. The zero-order valence-corrected chi connectivity index (χ0v) is 17.6. The minimum Gasteiger partial charge on any atom is -0.358 e. The molecule has 158 valence electrons. The van der Waals surface area contributed by atoms with Crippen molar-refractivity contribution in [2.24, 2.45) is 0 Å². The van der Waals surface area contributed by atoms with E-state index in [-0.39, 0.29) is 24.6 Å². The maximum Gasteiger partial charge on any atom is 0.234 e. The summed E-state index contributed by atoms with van der Waals surface area (Å²) in [6.45, 7) is 8.29. The molecule has 0 aromatic rings. The standard InChI is InChI=1S/C16H35N6O4P/c1-17-15(23)12-21-8-4-18-6-10-22(11-7-19-5-9-21)13-16(24)20-14-27(3,25)26-2/h18-19H,4-14H2,1-3H3,(H,17,23)(H,20,24). The maximum atomic E-state index is 12.1. The highest BCUT2D eigenvalue weighted by atomic mass is 31.2. The highest BCUT2D eigenvalue weighted by molar-refractivity contribution is 7.58. The summed E-state index contributed by atoms with van der Waals surface area (Å²) in [6.07, 6.45) is 0.0494. The van der Waals surface area contributed by atoms with Crippen LogP contribution in [0.4, 0.5) is 0 Å². The van der Waals surface area contributed by atoms with Crippen LogP contribution in [-0.4, -0.2) is 114 Å². The molecule has 1 rings (SSSR count). The molecule has 0 aliphatic carbocycles. The van der Waals surface area contributed by atoms with Gasteiger partial charge >= 0.3 is 0 Å². The number of likely N-dealkylation sites (N-methyl/N-ethyl adjacent to an activating group) is 1. The summed E-state index contributed by atoms with van der Waals surface area (Å²) in [7, 11) is 0.287. The van der Waals surface area contributed by atoms with E-state index in [0.717, 1.165) is 52.4 Å². The van der Waals surface area contributed by atoms with Gasteiger partial charge in [0.15, 0.2) is 0 Å². The fourth-order valence-electron chi connectivity index (χ4n) is 2.58. The first-order chi connectivity index (χ1) is 12.9. The van der Waals surface area contributed by atoms with Gasteiger partial charge in [-0.15, -0.1) is 0 Å². The molecule has 0 radical (unpaired) electrons. The number of nitrogens with zero attached hydrogens (tertiary/aromatic N) is 2.